The molecule has 122 valence electrons. The van der Waals surface area contributed by atoms with Gasteiger partial charge in [-0.3, -0.25) is 9.78 Å². The normalized spacial score (nSPS) is 19.9. The number of pyridine rings is 1. The first-order valence-electron chi connectivity index (χ1n) is 7.55. The van der Waals surface area contributed by atoms with E-state index in [1.165, 1.54) is 0 Å². The lowest BCUT2D eigenvalue weighted by molar-refractivity contribution is 0.0772. The van der Waals surface area contributed by atoms with Gasteiger partial charge in [0.1, 0.15) is 0 Å². The first-order valence-corrected chi connectivity index (χ1v) is 9.37. The standard InChI is InChI=1S/C15H23N3O3S/c1-4-18(5-2)15(19)12-8-14(10-16-9-12)17(3)13-6-7-22(20,21)11-13/h8-10,13H,4-7,11H2,1-3H3. The molecule has 0 aliphatic carbocycles. The van der Waals surface area contributed by atoms with E-state index in [4.69, 9.17) is 0 Å². The lowest BCUT2D eigenvalue weighted by Crippen LogP contribution is -2.33. The highest BCUT2D eigenvalue weighted by Crippen LogP contribution is 2.23. The smallest absolute Gasteiger partial charge is 0.255 e. The summed E-state index contributed by atoms with van der Waals surface area (Å²) in [5.74, 6) is 0.345. The molecule has 0 radical (unpaired) electrons. The van der Waals surface area contributed by atoms with Crippen molar-refractivity contribution in [1.29, 1.82) is 0 Å². The van der Waals surface area contributed by atoms with Crippen molar-refractivity contribution in [1.82, 2.24) is 9.88 Å². The van der Waals surface area contributed by atoms with E-state index in [0.29, 0.717) is 25.1 Å². The summed E-state index contributed by atoms with van der Waals surface area (Å²) in [7, 11) is -1.08. The maximum atomic E-state index is 12.4. The molecule has 1 aromatic rings. The summed E-state index contributed by atoms with van der Waals surface area (Å²) in [5.41, 5.74) is 1.31. The SMILES string of the molecule is CCN(CC)C(=O)c1cncc(N(C)C2CCS(=O)(=O)C2)c1. The molecule has 1 aliphatic rings. The average molecular weight is 325 g/mol. The van der Waals surface area contributed by atoms with Gasteiger partial charge in [0, 0.05) is 32.4 Å². The lowest BCUT2D eigenvalue weighted by Gasteiger charge is -2.26. The third-order valence-corrected chi connectivity index (χ3v) is 5.94. The molecule has 0 bridgehead atoms. The Hall–Kier alpha value is -1.63. The third-order valence-electron chi connectivity index (χ3n) is 4.18. The van der Waals surface area contributed by atoms with Crippen LogP contribution >= 0.6 is 0 Å². The number of rotatable bonds is 5. The Morgan fingerprint density at radius 3 is 2.55 bits per heavy atom. The van der Waals surface area contributed by atoms with Crippen LogP contribution in [0.3, 0.4) is 0 Å². The molecule has 1 atom stereocenters. The molecule has 22 heavy (non-hydrogen) atoms. The van der Waals surface area contributed by atoms with E-state index < -0.39 is 9.84 Å². The van der Waals surface area contributed by atoms with Crippen molar-refractivity contribution < 1.29 is 13.2 Å². The number of amides is 1. The molecule has 0 saturated carbocycles. The van der Waals surface area contributed by atoms with Gasteiger partial charge in [-0.05, 0) is 26.3 Å². The van der Waals surface area contributed by atoms with Crippen molar-refractivity contribution in [3.05, 3.63) is 24.0 Å². The van der Waals surface area contributed by atoms with Gasteiger partial charge in [0.25, 0.3) is 5.91 Å². The summed E-state index contributed by atoms with van der Waals surface area (Å²) in [6, 6.07) is 1.74. The molecular weight excluding hydrogens is 302 g/mol. The van der Waals surface area contributed by atoms with Gasteiger partial charge in [0.2, 0.25) is 0 Å². The summed E-state index contributed by atoms with van der Waals surface area (Å²) in [6.07, 6.45) is 3.85. The Balaban J connectivity index is 2.19. The van der Waals surface area contributed by atoms with Gasteiger partial charge >= 0.3 is 0 Å². The van der Waals surface area contributed by atoms with Crippen LogP contribution in [-0.2, 0) is 9.84 Å². The van der Waals surface area contributed by atoms with Gasteiger partial charge in [0.05, 0.1) is 29.0 Å². The number of anilines is 1. The van der Waals surface area contributed by atoms with Crippen LogP contribution in [0.5, 0.6) is 0 Å². The molecule has 6 nitrogen and oxygen atoms in total. The summed E-state index contributed by atoms with van der Waals surface area (Å²) in [4.78, 5) is 20.2. The van der Waals surface area contributed by atoms with Crippen LogP contribution in [0.2, 0.25) is 0 Å². The van der Waals surface area contributed by atoms with Gasteiger partial charge in [0.15, 0.2) is 9.84 Å². The maximum Gasteiger partial charge on any atom is 0.255 e. The highest BCUT2D eigenvalue weighted by molar-refractivity contribution is 7.91. The maximum absolute atomic E-state index is 12.4. The number of hydrogen-bond acceptors (Lipinski definition) is 5. The molecule has 7 heteroatoms. The Labute approximate surface area is 132 Å². The molecule has 1 aliphatic heterocycles. The minimum Gasteiger partial charge on any atom is -0.369 e. The highest BCUT2D eigenvalue weighted by Gasteiger charge is 2.31. The number of sulfone groups is 1. The van der Waals surface area contributed by atoms with Crippen molar-refractivity contribution >= 4 is 21.4 Å². The Bertz CT molecular complexity index is 641. The molecule has 1 fully saturated rings. The quantitative estimate of drug-likeness (QED) is 0.813. The number of carbonyl (C=O) groups excluding carboxylic acids is 1. The van der Waals surface area contributed by atoms with Crippen LogP contribution in [-0.4, -0.2) is 61.9 Å². The van der Waals surface area contributed by atoms with Crippen LogP contribution in [0.4, 0.5) is 5.69 Å². The number of aromatic nitrogens is 1. The topological polar surface area (TPSA) is 70.6 Å². The van der Waals surface area contributed by atoms with E-state index >= 15 is 0 Å². The summed E-state index contributed by atoms with van der Waals surface area (Å²) < 4.78 is 23.2. The van der Waals surface area contributed by atoms with E-state index in [-0.39, 0.29) is 23.5 Å². The predicted octanol–water partition coefficient (Wildman–Crippen LogP) is 1.19. The van der Waals surface area contributed by atoms with Gasteiger partial charge in [-0.15, -0.1) is 0 Å². The van der Waals surface area contributed by atoms with E-state index in [0.717, 1.165) is 5.69 Å². The molecule has 1 saturated heterocycles. The Morgan fingerprint density at radius 1 is 1.32 bits per heavy atom. The van der Waals surface area contributed by atoms with Gasteiger partial charge in [-0.2, -0.15) is 0 Å². The van der Waals surface area contributed by atoms with Gasteiger partial charge in [-0.1, -0.05) is 0 Å². The first kappa shape index (κ1) is 16.7. The second-order valence-corrected chi connectivity index (χ2v) is 7.81. The van der Waals surface area contributed by atoms with Crippen molar-refractivity contribution in [2.24, 2.45) is 0 Å². The fourth-order valence-corrected chi connectivity index (χ4v) is 4.50. The van der Waals surface area contributed by atoms with E-state index in [2.05, 4.69) is 4.98 Å². The summed E-state index contributed by atoms with van der Waals surface area (Å²) in [5, 5.41) is 0. The largest absolute Gasteiger partial charge is 0.369 e. The summed E-state index contributed by atoms with van der Waals surface area (Å²) >= 11 is 0. The van der Waals surface area contributed by atoms with E-state index in [9.17, 15) is 13.2 Å². The van der Waals surface area contributed by atoms with Gasteiger partial charge < -0.3 is 9.80 Å². The van der Waals surface area contributed by atoms with Crippen molar-refractivity contribution in [3.63, 3.8) is 0 Å². The zero-order valence-electron chi connectivity index (χ0n) is 13.3. The molecular formula is C15H23N3O3S. The number of carbonyl (C=O) groups is 1. The van der Waals surface area contributed by atoms with Crippen LogP contribution in [0, 0.1) is 0 Å². The second-order valence-electron chi connectivity index (χ2n) is 5.58. The average Bonchev–Trinajstić information content (AvgIpc) is 2.88. The molecule has 1 unspecified atom stereocenters. The molecule has 2 rings (SSSR count). The first-order chi connectivity index (χ1) is 10.4. The van der Waals surface area contributed by atoms with Gasteiger partial charge in [-0.25, -0.2) is 8.42 Å². The molecule has 0 spiro atoms. The zero-order chi connectivity index (χ0) is 16.3. The van der Waals surface area contributed by atoms with Crippen LogP contribution < -0.4 is 4.90 Å². The molecule has 2 heterocycles. The van der Waals surface area contributed by atoms with Crippen molar-refractivity contribution in [2.75, 3.05) is 36.5 Å². The van der Waals surface area contributed by atoms with E-state index in [1.54, 1.807) is 23.4 Å². The molecule has 1 amide bonds. The third kappa shape index (κ3) is 3.58. The summed E-state index contributed by atoms with van der Waals surface area (Å²) in [6.45, 7) is 5.18. The molecule has 1 aromatic heterocycles. The minimum absolute atomic E-state index is 0.0493. The van der Waals surface area contributed by atoms with Crippen molar-refractivity contribution in [2.45, 2.75) is 26.3 Å². The Kier molecular flexibility index (Phi) is 5.05. The second kappa shape index (κ2) is 6.64. The zero-order valence-corrected chi connectivity index (χ0v) is 14.1. The highest BCUT2D eigenvalue weighted by atomic mass is 32.2. The lowest BCUT2D eigenvalue weighted by atomic mass is 10.2. The monoisotopic (exact) mass is 325 g/mol. The van der Waals surface area contributed by atoms with Crippen LogP contribution in [0.25, 0.3) is 0 Å². The fraction of sp³-hybridized carbons (Fsp3) is 0.600. The van der Waals surface area contributed by atoms with Crippen molar-refractivity contribution in [3.8, 4) is 0 Å². The molecule has 0 N–H and O–H groups in total. The molecule has 0 aromatic carbocycles. The minimum atomic E-state index is -2.93. The van der Waals surface area contributed by atoms with Crippen LogP contribution in [0.15, 0.2) is 18.5 Å². The fourth-order valence-electron chi connectivity index (χ4n) is 2.72. The van der Waals surface area contributed by atoms with E-state index in [1.807, 2.05) is 25.8 Å². The Morgan fingerprint density at radius 2 is 2.00 bits per heavy atom. The number of hydrogen-bond donors (Lipinski definition) is 0. The number of nitrogens with zero attached hydrogens (tertiary/aromatic N) is 3. The van der Waals surface area contributed by atoms with Crippen LogP contribution in [0.1, 0.15) is 30.6 Å². The predicted molar refractivity (Wildman–Crippen MR) is 87.0 cm³/mol.